The average Bonchev–Trinajstić information content (AvgIpc) is 3.15. The third kappa shape index (κ3) is 4.83. The number of likely N-dealkylation sites (tertiary alicyclic amines) is 1. The lowest BCUT2D eigenvalue weighted by atomic mass is 9.42. The zero-order valence-electron chi connectivity index (χ0n) is 24.8. The fourth-order valence-corrected chi connectivity index (χ4v) is 10.1. The van der Waals surface area contributed by atoms with E-state index in [0.717, 1.165) is 51.1 Å². The molecule has 4 aliphatic carbocycles. The number of alkyl carbamates (subject to hydrolysis) is 1. The number of nitrogens with two attached hydrogens (primary N) is 1. The number of carbonyl (C=O) groups is 3. The minimum atomic E-state index is -1.69. The number of amides is 1. The summed E-state index contributed by atoms with van der Waals surface area (Å²) < 4.78 is 11.5. The highest BCUT2D eigenvalue weighted by molar-refractivity contribution is 5.84. The van der Waals surface area contributed by atoms with Gasteiger partial charge in [-0.2, -0.15) is 0 Å². The molecule has 1 heterocycles. The average molecular weight is 562 g/mol. The predicted molar refractivity (Wildman–Crippen MR) is 150 cm³/mol. The number of rotatable bonds is 7. The molecule has 8 atom stereocenters. The number of carbonyl (C=O) groups excluding carboxylic acids is 2. The molecule has 5 aliphatic rings. The third-order valence-corrected chi connectivity index (χ3v) is 12.4. The van der Waals surface area contributed by atoms with Gasteiger partial charge in [0.25, 0.3) is 0 Å². The standard InChI is InChI=1S/C31H51N3O6/c1-21(35)39-23(20-34-17-7-4-8-18-34)19-33-27(38)40-31(26(36)37)16-15-30(32)25-11-10-22-9-5-6-13-28(22,2)24(25)12-14-29(30,31)3/h22-25H,4-20,32H2,1-3H3,(H,33,38)(H,36,37)/t22?,23?,24-,25-,28+,29+,30-,31?/m1/s1. The van der Waals surface area contributed by atoms with Gasteiger partial charge in [-0.3, -0.25) is 9.69 Å². The van der Waals surface area contributed by atoms with Crippen molar-refractivity contribution in [1.82, 2.24) is 10.2 Å². The Balaban J connectivity index is 1.30. The van der Waals surface area contributed by atoms with E-state index >= 15 is 0 Å². The van der Waals surface area contributed by atoms with Gasteiger partial charge in [0, 0.05) is 30.8 Å². The summed E-state index contributed by atoms with van der Waals surface area (Å²) in [5, 5.41) is 13.4. The van der Waals surface area contributed by atoms with Crippen LogP contribution in [0.4, 0.5) is 4.79 Å². The van der Waals surface area contributed by atoms with E-state index in [0.29, 0.717) is 25.3 Å². The van der Waals surface area contributed by atoms with Crippen molar-refractivity contribution in [1.29, 1.82) is 0 Å². The second-order valence-corrected chi connectivity index (χ2v) is 14.1. The van der Waals surface area contributed by atoms with Gasteiger partial charge >= 0.3 is 18.0 Å². The highest BCUT2D eigenvalue weighted by Gasteiger charge is 2.75. The van der Waals surface area contributed by atoms with Gasteiger partial charge in [-0.25, -0.2) is 9.59 Å². The van der Waals surface area contributed by atoms with Crippen LogP contribution >= 0.6 is 0 Å². The number of fused-ring (bicyclic) bond motifs is 5. The topological polar surface area (TPSA) is 131 Å². The molecule has 1 amide bonds. The first-order chi connectivity index (χ1) is 18.9. The lowest BCUT2D eigenvalue weighted by Crippen LogP contribution is -2.71. The molecule has 4 saturated carbocycles. The Kier molecular flexibility index (Phi) is 8.21. The Bertz CT molecular complexity index is 986. The Morgan fingerprint density at radius 3 is 2.40 bits per heavy atom. The second kappa shape index (κ2) is 11.1. The van der Waals surface area contributed by atoms with Crippen LogP contribution in [-0.4, -0.2) is 71.5 Å². The van der Waals surface area contributed by atoms with Crippen LogP contribution in [0.25, 0.3) is 0 Å². The molecule has 3 unspecified atom stereocenters. The van der Waals surface area contributed by atoms with E-state index in [1.165, 1.54) is 39.0 Å². The monoisotopic (exact) mass is 561 g/mol. The van der Waals surface area contributed by atoms with Crippen LogP contribution < -0.4 is 11.1 Å². The van der Waals surface area contributed by atoms with Crippen molar-refractivity contribution in [2.75, 3.05) is 26.2 Å². The van der Waals surface area contributed by atoms with Gasteiger partial charge in [0.2, 0.25) is 5.60 Å². The minimum Gasteiger partial charge on any atom is -0.478 e. The lowest BCUT2D eigenvalue weighted by molar-refractivity contribution is -0.190. The summed E-state index contributed by atoms with van der Waals surface area (Å²) >= 11 is 0. The van der Waals surface area contributed by atoms with E-state index in [2.05, 4.69) is 17.1 Å². The molecule has 0 aromatic heterocycles. The Morgan fingerprint density at radius 2 is 1.70 bits per heavy atom. The maximum absolute atomic E-state index is 13.2. The zero-order chi connectivity index (χ0) is 28.8. The Hall–Kier alpha value is -1.87. The van der Waals surface area contributed by atoms with Gasteiger partial charge in [-0.05, 0) is 94.0 Å². The van der Waals surface area contributed by atoms with E-state index in [-0.39, 0.29) is 24.3 Å². The number of piperidine rings is 1. The summed E-state index contributed by atoms with van der Waals surface area (Å²) in [6.07, 6.45) is 11.7. The molecule has 0 spiro atoms. The second-order valence-electron chi connectivity index (χ2n) is 14.1. The first-order valence-electron chi connectivity index (χ1n) is 15.8. The Labute approximate surface area is 239 Å². The quantitative estimate of drug-likeness (QED) is 0.388. The van der Waals surface area contributed by atoms with Crippen molar-refractivity contribution >= 4 is 18.0 Å². The number of nitrogens with zero attached hydrogens (tertiary/aromatic N) is 1. The molecule has 1 saturated heterocycles. The molecule has 0 radical (unpaired) electrons. The van der Waals surface area contributed by atoms with Crippen LogP contribution in [-0.2, 0) is 19.1 Å². The number of carboxylic acid groups (broad SMARTS) is 1. The Morgan fingerprint density at radius 1 is 0.950 bits per heavy atom. The molecule has 226 valence electrons. The van der Waals surface area contributed by atoms with E-state index in [1.54, 1.807) is 0 Å². The molecule has 5 fully saturated rings. The van der Waals surface area contributed by atoms with Crippen molar-refractivity contribution in [2.45, 2.75) is 121 Å². The summed E-state index contributed by atoms with van der Waals surface area (Å²) in [7, 11) is 0. The molecule has 4 N–H and O–H groups in total. The van der Waals surface area contributed by atoms with Crippen LogP contribution in [0.3, 0.4) is 0 Å². The number of carboxylic acids is 1. The summed E-state index contributed by atoms with van der Waals surface area (Å²) in [6.45, 7) is 8.25. The molecular formula is C31H51N3O6. The molecule has 9 nitrogen and oxygen atoms in total. The molecule has 0 bridgehead atoms. The third-order valence-electron chi connectivity index (χ3n) is 12.4. The zero-order valence-corrected chi connectivity index (χ0v) is 24.8. The maximum Gasteiger partial charge on any atom is 0.408 e. The number of hydrogen-bond donors (Lipinski definition) is 3. The normalized spacial score (nSPS) is 42.0. The highest BCUT2D eigenvalue weighted by Crippen LogP contribution is 2.69. The molecule has 9 heteroatoms. The van der Waals surface area contributed by atoms with Crippen molar-refractivity contribution in [3.05, 3.63) is 0 Å². The van der Waals surface area contributed by atoms with Gasteiger partial charge in [0.15, 0.2) is 0 Å². The SMILES string of the molecule is CC(=O)OC(CNC(=O)OC1(C(=O)O)CC[C@@]2(N)[C@@H]3CCC4CCCC[C@]4(C)[C@@H]3CC[C@]12C)CN1CCCCC1. The van der Waals surface area contributed by atoms with Crippen LogP contribution in [0.1, 0.15) is 104 Å². The summed E-state index contributed by atoms with van der Waals surface area (Å²) in [6, 6.07) is 0. The van der Waals surface area contributed by atoms with Crippen LogP contribution in [0.15, 0.2) is 0 Å². The first-order valence-corrected chi connectivity index (χ1v) is 15.8. The van der Waals surface area contributed by atoms with E-state index in [9.17, 15) is 19.5 Å². The predicted octanol–water partition coefficient (Wildman–Crippen LogP) is 4.47. The van der Waals surface area contributed by atoms with Gasteiger partial charge < -0.3 is 25.6 Å². The minimum absolute atomic E-state index is 0.0690. The van der Waals surface area contributed by atoms with Gasteiger partial charge in [0.05, 0.1) is 6.54 Å². The molecule has 40 heavy (non-hydrogen) atoms. The van der Waals surface area contributed by atoms with Gasteiger partial charge in [-0.1, -0.05) is 33.1 Å². The van der Waals surface area contributed by atoms with Crippen molar-refractivity contribution in [3.8, 4) is 0 Å². The number of hydrogen-bond acceptors (Lipinski definition) is 7. The van der Waals surface area contributed by atoms with E-state index < -0.39 is 40.7 Å². The molecule has 1 aliphatic heterocycles. The molecule has 5 rings (SSSR count). The van der Waals surface area contributed by atoms with Crippen molar-refractivity contribution in [2.24, 2.45) is 34.3 Å². The number of aliphatic carboxylic acids is 1. The smallest absolute Gasteiger partial charge is 0.408 e. The van der Waals surface area contributed by atoms with Crippen molar-refractivity contribution in [3.63, 3.8) is 0 Å². The lowest BCUT2D eigenvalue weighted by Gasteiger charge is -2.64. The van der Waals surface area contributed by atoms with Crippen LogP contribution in [0.2, 0.25) is 0 Å². The number of ether oxygens (including phenoxy) is 2. The van der Waals surface area contributed by atoms with Gasteiger partial charge in [-0.15, -0.1) is 0 Å². The summed E-state index contributed by atoms with van der Waals surface area (Å²) in [4.78, 5) is 40.2. The van der Waals surface area contributed by atoms with Crippen molar-refractivity contribution < 1.29 is 29.0 Å². The number of nitrogens with one attached hydrogen (secondary N) is 1. The highest BCUT2D eigenvalue weighted by atomic mass is 16.6. The van der Waals surface area contributed by atoms with E-state index in [4.69, 9.17) is 15.2 Å². The molecule has 0 aromatic rings. The van der Waals surface area contributed by atoms with E-state index in [1.807, 2.05) is 6.92 Å². The van der Waals surface area contributed by atoms with Crippen LogP contribution in [0, 0.1) is 28.6 Å². The maximum atomic E-state index is 13.2. The molecule has 0 aromatic carbocycles. The first kappa shape index (κ1) is 29.6. The largest absolute Gasteiger partial charge is 0.478 e. The molecular weight excluding hydrogens is 510 g/mol. The van der Waals surface area contributed by atoms with Gasteiger partial charge in [0.1, 0.15) is 6.10 Å². The summed E-state index contributed by atoms with van der Waals surface area (Å²) in [5.41, 5.74) is 4.37. The fourth-order valence-electron chi connectivity index (χ4n) is 10.1. The number of esters is 1. The fraction of sp³-hybridized carbons (Fsp3) is 0.903. The van der Waals surface area contributed by atoms with Crippen LogP contribution in [0.5, 0.6) is 0 Å². The summed E-state index contributed by atoms with van der Waals surface area (Å²) in [5.74, 6) is -0.0659.